The number of aliphatic hydroxyl groups excluding tert-OH is 1. The number of imidazole rings is 1. The Labute approximate surface area is 197 Å². The minimum atomic E-state index is -0.599. The summed E-state index contributed by atoms with van der Waals surface area (Å²) in [4.78, 5) is 25.7. The van der Waals surface area contributed by atoms with Crippen LogP contribution in [0, 0.1) is 0 Å². The van der Waals surface area contributed by atoms with E-state index in [1.807, 2.05) is 0 Å². The van der Waals surface area contributed by atoms with E-state index in [9.17, 15) is 9.90 Å². The summed E-state index contributed by atoms with van der Waals surface area (Å²) in [7, 11) is 0. The van der Waals surface area contributed by atoms with Crippen LogP contribution in [0.15, 0.2) is 12.7 Å². The van der Waals surface area contributed by atoms with Crippen LogP contribution in [-0.4, -0.2) is 67.4 Å². The third kappa shape index (κ3) is 3.94. The lowest BCUT2D eigenvalue weighted by Crippen LogP contribution is -2.39. The van der Waals surface area contributed by atoms with Crippen LogP contribution in [0.4, 0.5) is 10.6 Å². The number of carbonyl (C=O) groups excluding carboxylic acids is 1. The second-order valence-electron chi connectivity index (χ2n) is 9.86. The molecule has 11 nitrogen and oxygen atoms in total. The average molecular weight is 473 g/mol. The molecule has 2 aromatic rings. The summed E-state index contributed by atoms with van der Waals surface area (Å²) < 4.78 is 20.8. The van der Waals surface area contributed by atoms with E-state index in [1.54, 1.807) is 10.9 Å². The second-order valence-corrected chi connectivity index (χ2v) is 9.86. The molecule has 4 atom stereocenters. The van der Waals surface area contributed by atoms with Crippen LogP contribution in [0.5, 0.6) is 0 Å². The van der Waals surface area contributed by atoms with Crippen LogP contribution in [0.25, 0.3) is 11.2 Å². The monoisotopic (exact) mass is 472 g/mol. The van der Waals surface area contributed by atoms with Gasteiger partial charge in [-0.1, -0.05) is 25.7 Å². The Balaban J connectivity index is 1.23. The summed E-state index contributed by atoms with van der Waals surface area (Å²) in [5.41, 5.74) is 0.999. The normalized spacial score (nSPS) is 31.1. The van der Waals surface area contributed by atoms with Crippen molar-refractivity contribution >= 4 is 23.0 Å². The Morgan fingerprint density at radius 3 is 2.62 bits per heavy atom. The molecule has 0 radical (unpaired) electrons. The number of urea groups is 1. The van der Waals surface area contributed by atoms with E-state index < -0.39 is 18.1 Å². The molecule has 2 saturated heterocycles. The van der Waals surface area contributed by atoms with Crippen LogP contribution in [0.2, 0.25) is 0 Å². The molecule has 2 amide bonds. The van der Waals surface area contributed by atoms with Gasteiger partial charge in [0, 0.05) is 18.9 Å². The van der Waals surface area contributed by atoms with Crippen molar-refractivity contribution in [3.05, 3.63) is 12.7 Å². The minimum Gasteiger partial charge on any atom is -0.394 e. The maximum Gasteiger partial charge on any atom is 0.320 e. The summed E-state index contributed by atoms with van der Waals surface area (Å²) in [6.07, 6.45) is 11.8. The SMILES string of the molecule is O=C(Nc1ncnc2c1ncn2[C@@H]1O[C@H](CO)[C@H]2OC3(CCCCC3)O[C@H]21)NC1CCCCC1. The van der Waals surface area contributed by atoms with Gasteiger partial charge in [0.1, 0.15) is 24.6 Å². The summed E-state index contributed by atoms with van der Waals surface area (Å²) in [5, 5.41) is 15.8. The molecule has 0 unspecified atom stereocenters. The van der Waals surface area contributed by atoms with E-state index in [1.165, 1.54) is 19.2 Å². The zero-order valence-corrected chi connectivity index (χ0v) is 19.2. The van der Waals surface area contributed by atoms with Gasteiger partial charge in [-0.15, -0.1) is 0 Å². The number of nitrogens with one attached hydrogen (secondary N) is 2. The quantitative estimate of drug-likeness (QED) is 0.619. The molecule has 2 aromatic heterocycles. The van der Waals surface area contributed by atoms with E-state index >= 15 is 0 Å². The first-order valence-electron chi connectivity index (χ1n) is 12.5. The molecule has 2 aliphatic carbocycles. The lowest BCUT2D eigenvalue weighted by Gasteiger charge is -2.34. The Morgan fingerprint density at radius 1 is 1.06 bits per heavy atom. The van der Waals surface area contributed by atoms with Gasteiger partial charge in [0.25, 0.3) is 0 Å². The average Bonchev–Trinajstić information content (AvgIpc) is 3.52. The van der Waals surface area contributed by atoms with Gasteiger partial charge >= 0.3 is 6.03 Å². The third-order valence-electron chi connectivity index (χ3n) is 7.59. The smallest absolute Gasteiger partial charge is 0.320 e. The first kappa shape index (κ1) is 22.1. The van der Waals surface area contributed by atoms with Crippen molar-refractivity contribution in [3.63, 3.8) is 0 Å². The molecule has 0 bridgehead atoms. The number of carbonyl (C=O) groups is 1. The summed E-state index contributed by atoms with van der Waals surface area (Å²) in [6, 6.07) is -0.0970. The number of rotatable bonds is 4. The van der Waals surface area contributed by atoms with Crippen molar-refractivity contribution in [1.29, 1.82) is 0 Å². The summed E-state index contributed by atoms with van der Waals surface area (Å²) in [5.74, 6) is -0.254. The molecule has 4 fully saturated rings. The molecule has 4 heterocycles. The van der Waals surface area contributed by atoms with Gasteiger partial charge in [0.15, 0.2) is 29.0 Å². The van der Waals surface area contributed by atoms with E-state index in [0.717, 1.165) is 51.4 Å². The van der Waals surface area contributed by atoms with Gasteiger partial charge < -0.3 is 24.6 Å². The maximum absolute atomic E-state index is 12.6. The van der Waals surface area contributed by atoms with Crippen LogP contribution in [0.3, 0.4) is 0 Å². The Bertz CT molecular complexity index is 1030. The fraction of sp³-hybridized carbons (Fsp3) is 0.739. The van der Waals surface area contributed by atoms with E-state index in [4.69, 9.17) is 14.2 Å². The number of hydrogen-bond acceptors (Lipinski definition) is 8. The molecule has 1 spiro atoms. The summed E-state index contributed by atoms with van der Waals surface area (Å²) >= 11 is 0. The van der Waals surface area contributed by atoms with Crippen LogP contribution < -0.4 is 10.6 Å². The number of anilines is 1. The van der Waals surface area contributed by atoms with Gasteiger partial charge in [-0.3, -0.25) is 9.88 Å². The van der Waals surface area contributed by atoms with Crippen molar-refractivity contribution in [2.45, 2.75) is 101 Å². The highest BCUT2D eigenvalue weighted by Gasteiger charge is 2.58. The van der Waals surface area contributed by atoms with Gasteiger partial charge in [-0.25, -0.2) is 19.7 Å². The van der Waals surface area contributed by atoms with Crippen molar-refractivity contribution in [2.24, 2.45) is 0 Å². The zero-order valence-electron chi connectivity index (χ0n) is 19.2. The van der Waals surface area contributed by atoms with Gasteiger partial charge in [-0.05, 0) is 25.7 Å². The first-order chi connectivity index (χ1) is 16.7. The lowest BCUT2D eigenvalue weighted by molar-refractivity contribution is -0.232. The fourth-order valence-electron chi connectivity index (χ4n) is 5.90. The predicted octanol–water partition coefficient (Wildman–Crippen LogP) is 2.61. The molecule has 184 valence electrons. The third-order valence-corrected chi connectivity index (χ3v) is 7.59. The number of hydrogen-bond donors (Lipinski definition) is 3. The molecule has 3 N–H and O–H groups in total. The van der Waals surface area contributed by atoms with Crippen molar-refractivity contribution in [3.8, 4) is 0 Å². The van der Waals surface area contributed by atoms with Gasteiger partial charge in [0.05, 0.1) is 12.9 Å². The van der Waals surface area contributed by atoms with Crippen LogP contribution in [-0.2, 0) is 14.2 Å². The Hall–Kier alpha value is -2.34. The molecule has 2 aliphatic heterocycles. The number of aliphatic hydroxyl groups is 1. The Kier molecular flexibility index (Phi) is 5.88. The highest BCUT2D eigenvalue weighted by atomic mass is 16.8. The van der Waals surface area contributed by atoms with E-state index in [2.05, 4.69) is 25.6 Å². The maximum atomic E-state index is 12.6. The molecule has 11 heteroatoms. The number of amides is 2. The number of nitrogens with zero attached hydrogens (tertiary/aromatic N) is 4. The standard InChI is InChI=1S/C23H32N6O5/c30-11-15-17-18(34-23(33-17)9-5-2-6-10-23)21(32-15)29-13-26-16-19(24-12-25-20(16)29)28-22(31)27-14-7-3-1-4-8-14/h12-15,17-18,21,30H,1-11H2,(H2,24,25,27,28,31)/t15-,17-,18-,21-/m1/s1. The highest BCUT2D eigenvalue weighted by Crippen LogP contribution is 2.48. The van der Waals surface area contributed by atoms with Crippen molar-refractivity contribution in [2.75, 3.05) is 11.9 Å². The fourth-order valence-corrected chi connectivity index (χ4v) is 5.90. The number of fused-ring (bicyclic) bond motifs is 2. The second kappa shape index (κ2) is 9.03. The minimum absolute atomic E-state index is 0.160. The first-order valence-corrected chi connectivity index (χ1v) is 12.5. The predicted molar refractivity (Wildman–Crippen MR) is 121 cm³/mol. The largest absolute Gasteiger partial charge is 0.394 e. The molecular formula is C23H32N6O5. The number of ether oxygens (including phenoxy) is 3. The van der Waals surface area contributed by atoms with Gasteiger partial charge in [0.2, 0.25) is 0 Å². The molecule has 4 aliphatic rings. The van der Waals surface area contributed by atoms with Crippen molar-refractivity contribution < 1.29 is 24.1 Å². The molecule has 0 aromatic carbocycles. The molecular weight excluding hydrogens is 440 g/mol. The lowest BCUT2D eigenvalue weighted by atomic mass is 9.94. The van der Waals surface area contributed by atoms with Crippen molar-refractivity contribution in [1.82, 2.24) is 24.8 Å². The summed E-state index contributed by atoms with van der Waals surface area (Å²) in [6.45, 7) is -0.160. The topological polar surface area (TPSA) is 133 Å². The van der Waals surface area contributed by atoms with Crippen LogP contribution in [0.1, 0.15) is 70.4 Å². The molecule has 2 saturated carbocycles. The van der Waals surface area contributed by atoms with Gasteiger partial charge in [-0.2, -0.15) is 0 Å². The Morgan fingerprint density at radius 2 is 1.82 bits per heavy atom. The molecule has 6 rings (SSSR count). The van der Waals surface area contributed by atoms with E-state index in [0.29, 0.717) is 17.0 Å². The molecule has 34 heavy (non-hydrogen) atoms. The number of aromatic nitrogens is 4. The van der Waals surface area contributed by atoms with Crippen LogP contribution >= 0.6 is 0 Å². The van der Waals surface area contributed by atoms with E-state index in [-0.39, 0.29) is 30.9 Å². The highest BCUT2D eigenvalue weighted by molar-refractivity contribution is 5.95. The zero-order chi connectivity index (χ0) is 23.1.